The van der Waals surface area contributed by atoms with Crippen molar-refractivity contribution in [2.24, 2.45) is 0 Å². The third kappa shape index (κ3) is 8.65. The molecule has 0 amide bonds. The predicted molar refractivity (Wildman–Crippen MR) is 146 cm³/mol. The van der Waals surface area contributed by atoms with Gasteiger partial charge in [-0.3, -0.25) is 4.90 Å². The van der Waals surface area contributed by atoms with Gasteiger partial charge in [0.25, 0.3) is 0 Å². The van der Waals surface area contributed by atoms with Gasteiger partial charge in [0.15, 0.2) is 0 Å². The Morgan fingerprint density at radius 1 is 0.529 bits per heavy atom. The molecule has 0 fully saturated rings. The van der Waals surface area contributed by atoms with Crippen LogP contribution in [0.1, 0.15) is 112 Å². The fourth-order valence-corrected chi connectivity index (χ4v) is 4.76. The van der Waals surface area contributed by atoms with E-state index < -0.39 is 0 Å². The molecule has 2 aromatic carbocycles. The minimum absolute atomic E-state index is 0.521. The highest BCUT2D eigenvalue weighted by Gasteiger charge is 2.14. The number of rotatable bonds is 16. The molecule has 0 aliphatic carbocycles. The number of unbranched alkanes of at least 4 members (excludes halogenated alkanes) is 4. The summed E-state index contributed by atoms with van der Waals surface area (Å²) >= 11 is 0. The summed E-state index contributed by atoms with van der Waals surface area (Å²) in [5, 5.41) is 21.7. The summed E-state index contributed by atoms with van der Waals surface area (Å²) < 4.78 is 0. The SMILES string of the molecule is CCCCc1cc(CN(C)Cc2cc(CCCC)c(O)c(CCCC)c2)cc(CCCC)c1O. The molecular formula is C31H49NO2. The minimum atomic E-state index is 0.521. The van der Waals surface area contributed by atoms with Crippen molar-refractivity contribution >= 4 is 0 Å². The maximum atomic E-state index is 10.8. The summed E-state index contributed by atoms with van der Waals surface area (Å²) in [5.41, 5.74) is 6.99. The normalized spacial score (nSPS) is 11.5. The monoisotopic (exact) mass is 467 g/mol. The van der Waals surface area contributed by atoms with Crippen molar-refractivity contribution in [3.63, 3.8) is 0 Å². The molecule has 0 bridgehead atoms. The first kappa shape index (κ1) is 28.2. The van der Waals surface area contributed by atoms with Gasteiger partial charge in [-0.05, 0) is 91.8 Å². The molecular weight excluding hydrogens is 418 g/mol. The largest absolute Gasteiger partial charge is 0.507 e. The van der Waals surface area contributed by atoms with Gasteiger partial charge in [-0.2, -0.15) is 0 Å². The van der Waals surface area contributed by atoms with E-state index in [0.717, 1.165) is 112 Å². The van der Waals surface area contributed by atoms with Crippen LogP contribution in [0.25, 0.3) is 0 Å². The van der Waals surface area contributed by atoms with Crippen LogP contribution >= 0.6 is 0 Å². The third-order valence-corrected chi connectivity index (χ3v) is 6.76. The van der Waals surface area contributed by atoms with Crippen molar-refractivity contribution in [1.29, 1.82) is 0 Å². The van der Waals surface area contributed by atoms with Crippen LogP contribution in [0.4, 0.5) is 0 Å². The maximum absolute atomic E-state index is 10.8. The minimum Gasteiger partial charge on any atom is -0.507 e. The second-order valence-corrected chi connectivity index (χ2v) is 10.1. The molecule has 0 heterocycles. The quantitative estimate of drug-likeness (QED) is 0.262. The Kier molecular flexibility index (Phi) is 12.5. The first-order valence-corrected chi connectivity index (χ1v) is 13.8. The van der Waals surface area contributed by atoms with Crippen LogP contribution in [0, 0.1) is 0 Å². The van der Waals surface area contributed by atoms with E-state index in [-0.39, 0.29) is 0 Å². The molecule has 0 saturated carbocycles. The first-order chi connectivity index (χ1) is 16.4. The average Bonchev–Trinajstić information content (AvgIpc) is 2.82. The van der Waals surface area contributed by atoms with Gasteiger partial charge in [0.05, 0.1) is 0 Å². The lowest BCUT2D eigenvalue weighted by Crippen LogP contribution is -2.18. The highest BCUT2D eigenvalue weighted by molar-refractivity contribution is 5.45. The molecule has 0 aliphatic heterocycles. The van der Waals surface area contributed by atoms with Gasteiger partial charge in [0.1, 0.15) is 11.5 Å². The van der Waals surface area contributed by atoms with Crippen LogP contribution in [0.5, 0.6) is 11.5 Å². The molecule has 0 unspecified atom stereocenters. The number of hydrogen-bond donors (Lipinski definition) is 2. The number of aryl methyl sites for hydroxylation is 4. The zero-order chi connectivity index (χ0) is 24.9. The van der Waals surface area contributed by atoms with Gasteiger partial charge in [-0.25, -0.2) is 0 Å². The molecule has 3 nitrogen and oxygen atoms in total. The molecule has 190 valence electrons. The molecule has 0 spiro atoms. The van der Waals surface area contributed by atoms with E-state index in [0.29, 0.717) is 11.5 Å². The highest BCUT2D eigenvalue weighted by atomic mass is 16.3. The summed E-state index contributed by atoms with van der Waals surface area (Å²) in [4.78, 5) is 2.36. The highest BCUT2D eigenvalue weighted by Crippen LogP contribution is 2.30. The molecule has 0 atom stereocenters. The summed E-state index contributed by atoms with van der Waals surface area (Å²) in [6.07, 6.45) is 12.7. The predicted octanol–water partition coefficient (Wildman–Crippen LogP) is 8.10. The van der Waals surface area contributed by atoms with Gasteiger partial charge >= 0.3 is 0 Å². The van der Waals surface area contributed by atoms with Crippen LogP contribution in [0.3, 0.4) is 0 Å². The smallest absolute Gasteiger partial charge is 0.121 e. The zero-order valence-corrected chi connectivity index (χ0v) is 22.6. The lowest BCUT2D eigenvalue weighted by Gasteiger charge is -2.21. The fraction of sp³-hybridized carbons (Fsp3) is 0.613. The summed E-state index contributed by atoms with van der Waals surface area (Å²) in [7, 11) is 2.18. The molecule has 2 aromatic rings. The van der Waals surface area contributed by atoms with Crippen LogP contribution < -0.4 is 0 Å². The molecule has 0 aromatic heterocycles. The Balaban J connectivity index is 2.23. The van der Waals surface area contributed by atoms with Crippen molar-refractivity contribution in [2.45, 2.75) is 118 Å². The Bertz CT molecular complexity index is 744. The lowest BCUT2D eigenvalue weighted by atomic mass is 9.96. The van der Waals surface area contributed by atoms with E-state index in [1.165, 1.54) is 11.1 Å². The van der Waals surface area contributed by atoms with E-state index in [4.69, 9.17) is 0 Å². The maximum Gasteiger partial charge on any atom is 0.121 e. The number of nitrogens with zero attached hydrogens (tertiary/aromatic N) is 1. The summed E-state index contributed by atoms with van der Waals surface area (Å²) in [6.45, 7) is 10.5. The molecule has 0 radical (unpaired) electrons. The lowest BCUT2D eigenvalue weighted by molar-refractivity contribution is 0.318. The molecule has 34 heavy (non-hydrogen) atoms. The second-order valence-electron chi connectivity index (χ2n) is 10.1. The average molecular weight is 468 g/mol. The number of aromatic hydroxyl groups is 2. The number of phenolic OH excluding ortho intramolecular Hbond substituents is 2. The Morgan fingerprint density at radius 2 is 0.794 bits per heavy atom. The van der Waals surface area contributed by atoms with Crippen molar-refractivity contribution in [1.82, 2.24) is 4.90 Å². The molecule has 3 heteroatoms. The first-order valence-electron chi connectivity index (χ1n) is 13.8. The van der Waals surface area contributed by atoms with Crippen molar-refractivity contribution < 1.29 is 10.2 Å². The van der Waals surface area contributed by atoms with E-state index in [1.807, 2.05) is 0 Å². The van der Waals surface area contributed by atoms with E-state index >= 15 is 0 Å². The summed E-state index contributed by atoms with van der Waals surface area (Å²) in [5.74, 6) is 1.04. The summed E-state index contributed by atoms with van der Waals surface area (Å²) in [6, 6.07) is 8.86. The van der Waals surface area contributed by atoms with Crippen molar-refractivity contribution in [2.75, 3.05) is 7.05 Å². The topological polar surface area (TPSA) is 43.7 Å². The molecule has 2 rings (SSSR count). The van der Waals surface area contributed by atoms with E-state index in [2.05, 4.69) is 63.9 Å². The van der Waals surface area contributed by atoms with E-state index in [9.17, 15) is 10.2 Å². The standard InChI is InChI=1S/C31H49NO2/c1-6-10-14-26-18-24(19-27(30(26)33)15-11-7-2)22-32(5)23-25-20-28(16-12-8-3)31(34)29(21-25)17-13-9-4/h18-21,33-34H,6-17,22-23H2,1-5H3. The Labute approximate surface area is 209 Å². The van der Waals surface area contributed by atoms with Gasteiger partial charge < -0.3 is 10.2 Å². The van der Waals surface area contributed by atoms with Gasteiger partial charge in [-0.1, -0.05) is 77.6 Å². The van der Waals surface area contributed by atoms with Gasteiger partial charge in [0, 0.05) is 13.1 Å². The number of phenols is 2. The van der Waals surface area contributed by atoms with Gasteiger partial charge in [0.2, 0.25) is 0 Å². The Hall–Kier alpha value is -2.00. The second kappa shape index (κ2) is 15.1. The van der Waals surface area contributed by atoms with E-state index in [1.54, 1.807) is 0 Å². The van der Waals surface area contributed by atoms with Crippen LogP contribution in [-0.2, 0) is 38.8 Å². The van der Waals surface area contributed by atoms with Crippen LogP contribution in [0.2, 0.25) is 0 Å². The Morgan fingerprint density at radius 3 is 1.03 bits per heavy atom. The van der Waals surface area contributed by atoms with Crippen LogP contribution in [-0.4, -0.2) is 22.2 Å². The van der Waals surface area contributed by atoms with Crippen LogP contribution in [0.15, 0.2) is 24.3 Å². The molecule has 0 saturated heterocycles. The fourth-order valence-electron chi connectivity index (χ4n) is 4.76. The number of hydrogen-bond acceptors (Lipinski definition) is 3. The van der Waals surface area contributed by atoms with Gasteiger partial charge in [-0.15, -0.1) is 0 Å². The van der Waals surface area contributed by atoms with Crippen molar-refractivity contribution in [3.05, 3.63) is 57.6 Å². The van der Waals surface area contributed by atoms with Crippen molar-refractivity contribution in [3.8, 4) is 11.5 Å². The molecule has 0 aliphatic rings. The third-order valence-electron chi connectivity index (χ3n) is 6.76. The number of benzene rings is 2. The molecule has 2 N–H and O–H groups in total. The zero-order valence-electron chi connectivity index (χ0n) is 22.6.